The first-order valence-corrected chi connectivity index (χ1v) is 8.89. The van der Waals surface area contributed by atoms with Crippen LogP contribution in [0.3, 0.4) is 0 Å². The number of amides is 1. The van der Waals surface area contributed by atoms with Crippen molar-refractivity contribution in [3.8, 4) is 5.69 Å². The predicted molar refractivity (Wildman–Crippen MR) is 104 cm³/mol. The smallest absolute Gasteiger partial charge is 0.254 e. The molecule has 28 heavy (non-hydrogen) atoms. The Morgan fingerprint density at radius 1 is 1.18 bits per heavy atom. The summed E-state index contributed by atoms with van der Waals surface area (Å²) in [5, 5.41) is 8.14. The summed E-state index contributed by atoms with van der Waals surface area (Å²) in [7, 11) is 0. The number of rotatable bonds is 4. The molecule has 0 atom stereocenters. The minimum atomic E-state index is -0.337. The maximum Gasteiger partial charge on any atom is 0.254 e. The van der Waals surface area contributed by atoms with Crippen molar-refractivity contribution in [1.29, 1.82) is 0 Å². The number of hydrogen-bond acceptors (Lipinski definition) is 4. The Balaban J connectivity index is 1.68. The van der Waals surface area contributed by atoms with Crippen LogP contribution in [0.25, 0.3) is 16.7 Å². The monoisotopic (exact) mass is 395 g/mol. The van der Waals surface area contributed by atoms with Crippen LogP contribution in [0, 0.1) is 12.7 Å². The fourth-order valence-electron chi connectivity index (χ4n) is 2.91. The molecule has 0 bridgehead atoms. The Hall–Kier alpha value is -3.32. The molecular weight excluding hydrogens is 381 g/mol. The van der Waals surface area contributed by atoms with Crippen LogP contribution < -0.4 is 5.32 Å². The first-order valence-electron chi connectivity index (χ1n) is 8.51. The van der Waals surface area contributed by atoms with Crippen LogP contribution in [-0.2, 0) is 6.54 Å². The van der Waals surface area contributed by atoms with Crippen molar-refractivity contribution in [3.05, 3.63) is 82.6 Å². The second-order valence-corrected chi connectivity index (χ2v) is 6.57. The predicted octanol–water partition coefficient (Wildman–Crippen LogP) is 3.85. The second kappa shape index (κ2) is 7.36. The highest BCUT2D eigenvalue weighted by atomic mass is 35.5. The third kappa shape index (κ3) is 3.32. The zero-order chi connectivity index (χ0) is 19.7. The van der Waals surface area contributed by atoms with Gasteiger partial charge in [0.05, 0.1) is 27.4 Å². The van der Waals surface area contributed by atoms with Crippen molar-refractivity contribution in [2.75, 3.05) is 0 Å². The molecule has 140 valence electrons. The second-order valence-electron chi connectivity index (χ2n) is 6.20. The molecule has 0 aliphatic heterocycles. The maximum absolute atomic E-state index is 13.2. The normalized spacial score (nSPS) is 11.0. The molecule has 0 aliphatic carbocycles. The molecule has 0 unspecified atom stereocenters. The van der Waals surface area contributed by atoms with E-state index in [2.05, 4.69) is 20.4 Å². The van der Waals surface area contributed by atoms with Gasteiger partial charge >= 0.3 is 0 Å². The summed E-state index contributed by atoms with van der Waals surface area (Å²) >= 11 is 6.53. The van der Waals surface area contributed by atoms with Gasteiger partial charge in [-0.15, -0.1) is 0 Å². The molecule has 1 N–H and O–H groups in total. The van der Waals surface area contributed by atoms with E-state index in [9.17, 15) is 9.18 Å². The van der Waals surface area contributed by atoms with Gasteiger partial charge in [0.2, 0.25) is 0 Å². The number of nitrogens with one attached hydrogen (secondary N) is 1. The number of halogens is 2. The minimum Gasteiger partial charge on any atom is -0.348 e. The van der Waals surface area contributed by atoms with Crippen LogP contribution in [0.5, 0.6) is 0 Å². The van der Waals surface area contributed by atoms with Crippen molar-refractivity contribution in [2.24, 2.45) is 0 Å². The van der Waals surface area contributed by atoms with Crippen LogP contribution in [0.1, 0.15) is 21.6 Å². The van der Waals surface area contributed by atoms with Crippen LogP contribution in [0.2, 0.25) is 5.02 Å². The van der Waals surface area contributed by atoms with Gasteiger partial charge in [-0.3, -0.25) is 9.78 Å². The molecule has 1 aromatic carbocycles. The molecule has 6 nitrogen and oxygen atoms in total. The summed E-state index contributed by atoms with van der Waals surface area (Å²) in [4.78, 5) is 20.9. The zero-order valence-corrected chi connectivity index (χ0v) is 15.6. The molecule has 0 saturated carbocycles. The van der Waals surface area contributed by atoms with Gasteiger partial charge in [0.25, 0.3) is 5.91 Å². The quantitative estimate of drug-likeness (QED) is 0.569. The SMILES string of the molecule is Cc1nn(-c2ccc(F)cc2)c2ncc(C(=O)NCc3ccncc3)c(Cl)c12. The lowest BCUT2D eigenvalue weighted by atomic mass is 10.2. The maximum atomic E-state index is 13.2. The topological polar surface area (TPSA) is 72.7 Å². The van der Waals surface area contributed by atoms with Gasteiger partial charge in [-0.2, -0.15) is 5.10 Å². The van der Waals surface area contributed by atoms with Crippen molar-refractivity contribution in [3.63, 3.8) is 0 Å². The van der Waals surface area contributed by atoms with Crippen LogP contribution in [0.4, 0.5) is 4.39 Å². The number of nitrogens with zero attached hydrogens (tertiary/aromatic N) is 4. The number of carbonyl (C=O) groups excluding carboxylic acids is 1. The summed E-state index contributed by atoms with van der Waals surface area (Å²) < 4.78 is 14.8. The van der Waals surface area contributed by atoms with Crippen molar-refractivity contribution < 1.29 is 9.18 Å². The fourth-order valence-corrected chi connectivity index (χ4v) is 3.26. The highest BCUT2D eigenvalue weighted by Gasteiger charge is 2.20. The Morgan fingerprint density at radius 2 is 1.89 bits per heavy atom. The van der Waals surface area contributed by atoms with Gasteiger partial charge in [-0.1, -0.05) is 11.6 Å². The lowest BCUT2D eigenvalue weighted by Gasteiger charge is -2.08. The van der Waals surface area contributed by atoms with Crippen molar-refractivity contribution in [2.45, 2.75) is 13.5 Å². The molecule has 4 rings (SSSR count). The molecule has 1 amide bonds. The number of hydrogen-bond donors (Lipinski definition) is 1. The molecular formula is C20H15ClFN5O. The van der Waals surface area contributed by atoms with Gasteiger partial charge in [-0.25, -0.2) is 14.1 Å². The molecule has 4 aromatic rings. The summed E-state index contributed by atoms with van der Waals surface area (Å²) in [6.45, 7) is 2.14. The Bertz CT molecular complexity index is 1160. The summed E-state index contributed by atoms with van der Waals surface area (Å²) in [6, 6.07) is 9.54. The third-order valence-electron chi connectivity index (χ3n) is 4.33. The van der Waals surface area contributed by atoms with E-state index < -0.39 is 0 Å². The number of aryl methyl sites for hydroxylation is 1. The lowest BCUT2D eigenvalue weighted by Crippen LogP contribution is -2.23. The van der Waals surface area contributed by atoms with E-state index >= 15 is 0 Å². The van der Waals surface area contributed by atoms with Gasteiger partial charge < -0.3 is 5.32 Å². The number of benzene rings is 1. The van der Waals surface area contributed by atoms with Gasteiger partial charge in [-0.05, 0) is 48.9 Å². The summed E-state index contributed by atoms with van der Waals surface area (Å²) in [5.74, 6) is -0.666. The summed E-state index contributed by atoms with van der Waals surface area (Å²) in [6.07, 6.45) is 4.75. The Kier molecular flexibility index (Phi) is 4.75. The van der Waals surface area contributed by atoms with Gasteiger partial charge in [0.15, 0.2) is 5.65 Å². The van der Waals surface area contributed by atoms with Crippen LogP contribution in [-0.4, -0.2) is 25.7 Å². The third-order valence-corrected chi connectivity index (χ3v) is 4.72. The standard InChI is InChI=1S/C20H15ClFN5O/c1-12-17-18(21)16(20(28)25-10-13-6-8-23-9-7-13)11-24-19(17)27(26-12)15-4-2-14(22)3-5-15/h2-9,11H,10H2,1H3,(H,25,28). The van der Waals surface area contributed by atoms with E-state index in [-0.39, 0.29) is 22.3 Å². The molecule has 0 spiro atoms. The van der Waals surface area contributed by atoms with E-state index in [0.29, 0.717) is 29.0 Å². The number of fused-ring (bicyclic) bond motifs is 1. The molecule has 0 aliphatic rings. The fraction of sp³-hybridized carbons (Fsp3) is 0.100. The summed E-state index contributed by atoms with van der Waals surface area (Å²) in [5.41, 5.74) is 2.97. The Labute approximate surface area is 165 Å². The van der Waals surface area contributed by atoms with E-state index in [0.717, 1.165) is 5.56 Å². The highest BCUT2D eigenvalue weighted by Crippen LogP contribution is 2.30. The average Bonchev–Trinajstić information content (AvgIpc) is 3.05. The molecule has 0 saturated heterocycles. The first kappa shape index (κ1) is 18.1. The first-order chi connectivity index (χ1) is 13.5. The molecule has 3 heterocycles. The van der Waals surface area contributed by atoms with Gasteiger partial charge in [0.1, 0.15) is 5.82 Å². The molecule has 0 radical (unpaired) electrons. The molecule has 8 heteroatoms. The largest absolute Gasteiger partial charge is 0.348 e. The van der Waals surface area contributed by atoms with E-state index in [1.807, 2.05) is 12.1 Å². The zero-order valence-electron chi connectivity index (χ0n) is 14.9. The minimum absolute atomic E-state index is 0.268. The van der Waals surface area contributed by atoms with Gasteiger partial charge in [0, 0.05) is 25.1 Å². The molecule has 0 fully saturated rings. The molecule has 3 aromatic heterocycles. The number of carbonyl (C=O) groups is 1. The lowest BCUT2D eigenvalue weighted by molar-refractivity contribution is 0.0951. The van der Waals surface area contributed by atoms with Crippen LogP contribution >= 0.6 is 11.6 Å². The number of aromatic nitrogens is 4. The van der Waals surface area contributed by atoms with E-state index in [1.165, 1.54) is 18.3 Å². The average molecular weight is 396 g/mol. The van der Waals surface area contributed by atoms with E-state index in [4.69, 9.17) is 11.6 Å². The Morgan fingerprint density at radius 3 is 2.61 bits per heavy atom. The highest BCUT2D eigenvalue weighted by molar-refractivity contribution is 6.38. The van der Waals surface area contributed by atoms with Crippen molar-refractivity contribution in [1.82, 2.24) is 25.1 Å². The van der Waals surface area contributed by atoms with Crippen LogP contribution in [0.15, 0.2) is 55.0 Å². The van der Waals surface area contributed by atoms with Crippen molar-refractivity contribution >= 4 is 28.5 Å². The van der Waals surface area contributed by atoms with E-state index in [1.54, 1.807) is 36.1 Å². The number of pyridine rings is 2.